The number of hydrogen-bond acceptors (Lipinski definition) is 3. The molecule has 2 N–H and O–H groups in total. The lowest BCUT2D eigenvalue weighted by Crippen LogP contribution is -2.46. The van der Waals surface area contributed by atoms with Crippen molar-refractivity contribution in [2.24, 2.45) is 5.73 Å². The molecule has 1 heterocycles. The zero-order valence-electron chi connectivity index (χ0n) is 10.9. The van der Waals surface area contributed by atoms with Crippen molar-refractivity contribution in [1.29, 1.82) is 0 Å². The Morgan fingerprint density at radius 3 is 2.29 bits per heavy atom. The van der Waals surface area contributed by atoms with Crippen molar-refractivity contribution < 1.29 is 0 Å². The molecule has 17 heavy (non-hydrogen) atoms. The molecule has 0 amide bonds. The molecule has 1 saturated heterocycles. The van der Waals surface area contributed by atoms with E-state index in [0.29, 0.717) is 0 Å². The van der Waals surface area contributed by atoms with Gasteiger partial charge in [0.05, 0.1) is 0 Å². The molecule has 0 bridgehead atoms. The average molecular weight is 233 g/mol. The molecule has 1 unspecified atom stereocenters. The Kier molecular flexibility index (Phi) is 4.15. The number of likely N-dealkylation sites (N-methyl/N-ethyl adjacent to an activating group) is 1. The van der Waals surface area contributed by atoms with E-state index in [0.717, 1.165) is 32.7 Å². The molecule has 1 atom stereocenters. The van der Waals surface area contributed by atoms with E-state index in [9.17, 15) is 0 Å². The zero-order valence-corrected chi connectivity index (χ0v) is 10.9. The Morgan fingerprint density at radius 1 is 1.12 bits per heavy atom. The van der Waals surface area contributed by atoms with Crippen LogP contribution in [-0.4, -0.2) is 49.6 Å². The first-order chi connectivity index (χ1) is 8.15. The lowest BCUT2D eigenvalue weighted by molar-refractivity contribution is 0.147. The zero-order chi connectivity index (χ0) is 12.3. The molecule has 1 aromatic rings. The summed E-state index contributed by atoms with van der Waals surface area (Å²) in [5.41, 5.74) is 8.79. The SMILES string of the molecule is Cc1ccc(C(N)CN2CCN(C)CC2)cc1. The number of nitrogens with two attached hydrogens (primary N) is 1. The Balaban J connectivity index is 1.88. The summed E-state index contributed by atoms with van der Waals surface area (Å²) in [6.45, 7) is 7.65. The van der Waals surface area contributed by atoms with Crippen LogP contribution in [0.25, 0.3) is 0 Å². The van der Waals surface area contributed by atoms with E-state index < -0.39 is 0 Å². The summed E-state index contributed by atoms with van der Waals surface area (Å²) in [5, 5.41) is 0. The minimum atomic E-state index is 0.138. The first kappa shape index (κ1) is 12.6. The Hall–Kier alpha value is -0.900. The second-order valence-corrected chi connectivity index (χ2v) is 5.12. The van der Waals surface area contributed by atoms with Gasteiger partial charge in [0.25, 0.3) is 0 Å². The van der Waals surface area contributed by atoms with Crippen molar-refractivity contribution >= 4 is 0 Å². The molecule has 0 aromatic heterocycles. The van der Waals surface area contributed by atoms with Crippen molar-refractivity contribution in [3.05, 3.63) is 35.4 Å². The normalized spacial score (nSPS) is 20.4. The fraction of sp³-hybridized carbons (Fsp3) is 0.571. The fourth-order valence-corrected chi connectivity index (χ4v) is 2.23. The molecule has 0 radical (unpaired) electrons. The smallest absolute Gasteiger partial charge is 0.0424 e. The van der Waals surface area contributed by atoms with Crippen molar-refractivity contribution in [3.63, 3.8) is 0 Å². The Bertz CT molecular complexity index is 339. The molecule has 0 spiro atoms. The summed E-state index contributed by atoms with van der Waals surface area (Å²) < 4.78 is 0. The predicted molar refractivity (Wildman–Crippen MR) is 72.0 cm³/mol. The quantitative estimate of drug-likeness (QED) is 0.852. The molecule has 1 aliphatic heterocycles. The third-order valence-corrected chi connectivity index (χ3v) is 3.56. The highest BCUT2D eigenvalue weighted by molar-refractivity contribution is 5.24. The van der Waals surface area contributed by atoms with Crippen LogP contribution in [0, 0.1) is 6.92 Å². The first-order valence-corrected chi connectivity index (χ1v) is 6.38. The van der Waals surface area contributed by atoms with Gasteiger partial charge in [-0.3, -0.25) is 4.90 Å². The summed E-state index contributed by atoms with van der Waals surface area (Å²) in [6, 6.07) is 8.71. The van der Waals surface area contributed by atoms with E-state index >= 15 is 0 Å². The van der Waals surface area contributed by atoms with Crippen LogP contribution >= 0.6 is 0 Å². The maximum atomic E-state index is 6.26. The lowest BCUT2D eigenvalue weighted by atomic mass is 10.1. The van der Waals surface area contributed by atoms with Crippen molar-refractivity contribution in [3.8, 4) is 0 Å². The number of piperazine rings is 1. The summed E-state index contributed by atoms with van der Waals surface area (Å²) >= 11 is 0. The maximum Gasteiger partial charge on any atom is 0.0424 e. The second kappa shape index (κ2) is 5.63. The molecule has 1 aromatic carbocycles. The van der Waals surface area contributed by atoms with E-state index in [1.807, 2.05) is 0 Å². The van der Waals surface area contributed by atoms with Crippen molar-refractivity contribution in [1.82, 2.24) is 9.80 Å². The van der Waals surface area contributed by atoms with Crippen LogP contribution < -0.4 is 5.73 Å². The summed E-state index contributed by atoms with van der Waals surface area (Å²) in [4.78, 5) is 4.83. The third-order valence-electron chi connectivity index (χ3n) is 3.56. The molecule has 2 rings (SSSR count). The summed E-state index contributed by atoms with van der Waals surface area (Å²) in [6.07, 6.45) is 0. The standard InChI is InChI=1S/C14H23N3/c1-12-3-5-13(6-4-12)14(15)11-17-9-7-16(2)8-10-17/h3-6,14H,7-11,15H2,1-2H3. The van der Waals surface area contributed by atoms with Crippen LogP contribution in [0.5, 0.6) is 0 Å². The van der Waals surface area contributed by atoms with Crippen LogP contribution in [0.3, 0.4) is 0 Å². The van der Waals surface area contributed by atoms with Gasteiger partial charge in [-0.15, -0.1) is 0 Å². The lowest BCUT2D eigenvalue weighted by Gasteiger charge is -2.33. The van der Waals surface area contributed by atoms with Crippen LogP contribution in [0.15, 0.2) is 24.3 Å². The van der Waals surface area contributed by atoms with Gasteiger partial charge in [-0.05, 0) is 19.5 Å². The average Bonchev–Trinajstić information content (AvgIpc) is 2.33. The maximum absolute atomic E-state index is 6.26. The Labute approximate surface area is 104 Å². The second-order valence-electron chi connectivity index (χ2n) is 5.12. The fourth-order valence-electron chi connectivity index (χ4n) is 2.23. The van der Waals surface area contributed by atoms with E-state index in [1.54, 1.807) is 0 Å². The van der Waals surface area contributed by atoms with E-state index in [2.05, 4.69) is 48.0 Å². The molecule has 1 fully saturated rings. The third kappa shape index (κ3) is 3.53. The largest absolute Gasteiger partial charge is 0.323 e. The molecule has 3 nitrogen and oxygen atoms in total. The van der Waals surface area contributed by atoms with Crippen molar-refractivity contribution in [2.45, 2.75) is 13.0 Å². The molecule has 3 heteroatoms. The number of rotatable bonds is 3. The van der Waals surface area contributed by atoms with E-state index in [1.165, 1.54) is 11.1 Å². The molecule has 0 aliphatic carbocycles. The van der Waals surface area contributed by atoms with Gasteiger partial charge in [-0.25, -0.2) is 0 Å². The van der Waals surface area contributed by atoms with E-state index in [-0.39, 0.29) is 6.04 Å². The van der Waals surface area contributed by atoms with Crippen LogP contribution in [0.4, 0.5) is 0 Å². The molecular formula is C14H23N3. The molecular weight excluding hydrogens is 210 g/mol. The van der Waals surface area contributed by atoms with Gasteiger partial charge < -0.3 is 10.6 Å². The summed E-state index contributed by atoms with van der Waals surface area (Å²) in [5.74, 6) is 0. The van der Waals surface area contributed by atoms with Gasteiger partial charge in [0, 0.05) is 38.8 Å². The summed E-state index contributed by atoms with van der Waals surface area (Å²) in [7, 11) is 2.18. The highest BCUT2D eigenvalue weighted by Gasteiger charge is 2.16. The highest BCUT2D eigenvalue weighted by atomic mass is 15.2. The number of benzene rings is 1. The number of aryl methyl sites for hydroxylation is 1. The molecule has 94 valence electrons. The minimum Gasteiger partial charge on any atom is -0.323 e. The Morgan fingerprint density at radius 2 is 1.71 bits per heavy atom. The van der Waals surface area contributed by atoms with Gasteiger partial charge in [-0.1, -0.05) is 29.8 Å². The van der Waals surface area contributed by atoms with Gasteiger partial charge >= 0.3 is 0 Å². The molecule has 0 saturated carbocycles. The van der Waals surface area contributed by atoms with Crippen molar-refractivity contribution in [2.75, 3.05) is 39.8 Å². The van der Waals surface area contributed by atoms with Crippen LogP contribution in [0.2, 0.25) is 0 Å². The van der Waals surface area contributed by atoms with Gasteiger partial charge in [0.2, 0.25) is 0 Å². The van der Waals surface area contributed by atoms with Crippen LogP contribution in [0.1, 0.15) is 17.2 Å². The number of nitrogens with zero attached hydrogens (tertiary/aromatic N) is 2. The van der Waals surface area contributed by atoms with Gasteiger partial charge in [-0.2, -0.15) is 0 Å². The van der Waals surface area contributed by atoms with Crippen LogP contribution in [-0.2, 0) is 0 Å². The topological polar surface area (TPSA) is 32.5 Å². The molecule has 1 aliphatic rings. The predicted octanol–water partition coefficient (Wildman–Crippen LogP) is 1.24. The highest BCUT2D eigenvalue weighted by Crippen LogP contribution is 2.13. The monoisotopic (exact) mass is 233 g/mol. The first-order valence-electron chi connectivity index (χ1n) is 6.38. The number of hydrogen-bond donors (Lipinski definition) is 1. The van der Waals surface area contributed by atoms with Gasteiger partial charge in [0.1, 0.15) is 0 Å². The van der Waals surface area contributed by atoms with Gasteiger partial charge in [0.15, 0.2) is 0 Å². The minimum absolute atomic E-state index is 0.138. The van der Waals surface area contributed by atoms with E-state index in [4.69, 9.17) is 5.73 Å².